The van der Waals surface area contributed by atoms with Gasteiger partial charge in [0.1, 0.15) is 0 Å². The van der Waals surface area contributed by atoms with Gasteiger partial charge >= 0.3 is 0 Å². The summed E-state index contributed by atoms with van der Waals surface area (Å²) >= 11 is 0. The Kier molecular flexibility index (Phi) is 1.92. The van der Waals surface area contributed by atoms with Crippen LogP contribution in [-0.4, -0.2) is 18.6 Å². The average Bonchev–Trinajstić information content (AvgIpc) is 2.76. The Labute approximate surface area is 88.4 Å². The van der Waals surface area contributed by atoms with Gasteiger partial charge in [-0.1, -0.05) is 6.07 Å². The Morgan fingerprint density at radius 1 is 1.33 bits per heavy atom. The summed E-state index contributed by atoms with van der Waals surface area (Å²) in [4.78, 5) is 3.22. The summed E-state index contributed by atoms with van der Waals surface area (Å²) in [6.45, 7) is 0.982. The van der Waals surface area contributed by atoms with E-state index in [0.29, 0.717) is 0 Å². The lowest BCUT2D eigenvalue weighted by atomic mass is 9.98. The number of fused-ring (bicyclic) bond motifs is 3. The van der Waals surface area contributed by atoms with Gasteiger partial charge in [0, 0.05) is 42.0 Å². The molecule has 1 aliphatic rings. The highest BCUT2D eigenvalue weighted by Crippen LogP contribution is 2.36. The van der Waals surface area contributed by atoms with Crippen LogP contribution < -0.4 is 5.32 Å². The summed E-state index contributed by atoms with van der Waals surface area (Å²) in [6, 6.07) is 6.38. The molecule has 78 valence electrons. The van der Waals surface area contributed by atoms with Gasteiger partial charge in [-0.15, -0.1) is 0 Å². The third-order valence-electron chi connectivity index (χ3n) is 3.11. The summed E-state index contributed by atoms with van der Waals surface area (Å²) in [6.07, 6.45) is 3.25. The minimum absolute atomic E-state index is 0.237. The van der Waals surface area contributed by atoms with Gasteiger partial charge in [-0.25, -0.2) is 0 Å². The van der Waals surface area contributed by atoms with Crippen LogP contribution in [0, 0.1) is 0 Å². The Morgan fingerprint density at radius 3 is 3.13 bits per heavy atom. The molecule has 1 atom stereocenters. The molecule has 0 fully saturated rings. The van der Waals surface area contributed by atoms with Crippen molar-refractivity contribution in [1.82, 2.24) is 4.98 Å². The van der Waals surface area contributed by atoms with Crippen molar-refractivity contribution >= 4 is 16.6 Å². The van der Waals surface area contributed by atoms with Crippen LogP contribution in [-0.2, 0) is 4.74 Å². The molecule has 0 amide bonds. The van der Waals surface area contributed by atoms with E-state index in [0.717, 1.165) is 13.0 Å². The number of hydrogen-bond donors (Lipinski definition) is 2. The lowest BCUT2D eigenvalue weighted by molar-refractivity contribution is 0.0966. The fourth-order valence-electron chi connectivity index (χ4n) is 2.34. The summed E-state index contributed by atoms with van der Waals surface area (Å²) in [5.74, 6) is 0. The minimum Gasteiger partial charge on any atom is -0.384 e. The molecular formula is C12H14N2O. The lowest BCUT2D eigenvalue weighted by Gasteiger charge is -2.26. The molecule has 2 N–H and O–H groups in total. The van der Waals surface area contributed by atoms with Gasteiger partial charge in [-0.05, 0) is 18.6 Å². The first kappa shape index (κ1) is 8.80. The van der Waals surface area contributed by atoms with Crippen molar-refractivity contribution in [2.75, 3.05) is 19.0 Å². The number of anilines is 1. The Morgan fingerprint density at radius 2 is 2.27 bits per heavy atom. The number of methoxy groups -OCH3 is 1. The molecular weight excluding hydrogens is 188 g/mol. The quantitative estimate of drug-likeness (QED) is 0.746. The van der Waals surface area contributed by atoms with E-state index < -0.39 is 0 Å². The Bertz CT molecular complexity index is 489. The zero-order valence-corrected chi connectivity index (χ0v) is 8.71. The van der Waals surface area contributed by atoms with Crippen LogP contribution in [0.3, 0.4) is 0 Å². The van der Waals surface area contributed by atoms with Crippen molar-refractivity contribution in [2.24, 2.45) is 0 Å². The SMILES string of the molecule is COC1CCNc2c1ccc1[nH]ccc21. The molecule has 0 saturated carbocycles. The van der Waals surface area contributed by atoms with Crippen molar-refractivity contribution in [3.8, 4) is 0 Å². The highest BCUT2D eigenvalue weighted by atomic mass is 16.5. The average molecular weight is 202 g/mol. The van der Waals surface area contributed by atoms with Crippen molar-refractivity contribution in [1.29, 1.82) is 0 Å². The number of aromatic nitrogens is 1. The minimum atomic E-state index is 0.237. The first-order valence-corrected chi connectivity index (χ1v) is 5.27. The van der Waals surface area contributed by atoms with Crippen molar-refractivity contribution < 1.29 is 4.74 Å². The maximum absolute atomic E-state index is 5.49. The zero-order valence-electron chi connectivity index (χ0n) is 8.71. The molecule has 1 aromatic heterocycles. The van der Waals surface area contributed by atoms with E-state index in [2.05, 4.69) is 28.5 Å². The highest BCUT2D eigenvalue weighted by molar-refractivity contribution is 5.94. The maximum Gasteiger partial charge on any atom is 0.0858 e. The van der Waals surface area contributed by atoms with E-state index in [-0.39, 0.29) is 6.10 Å². The monoisotopic (exact) mass is 202 g/mol. The third kappa shape index (κ3) is 1.23. The molecule has 0 radical (unpaired) electrons. The predicted molar refractivity (Wildman–Crippen MR) is 61.2 cm³/mol. The number of hydrogen-bond acceptors (Lipinski definition) is 2. The molecule has 0 saturated heterocycles. The number of nitrogens with one attached hydrogen (secondary N) is 2. The van der Waals surface area contributed by atoms with Crippen molar-refractivity contribution in [3.63, 3.8) is 0 Å². The molecule has 0 aliphatic carbocycles. The molecule has 1 aromatic carbocycles. The Balaban J connectivity index is 2.24. The van der Waals surface area contributed by atoms with Gasteiger partial charge in [0.2, 0.25) is 0 Å². The van der Waals surface area contributed by atoms with E-state index in [9.17, 15) is 0 Å². The van der Waals surface area contributed by atoms with Crippen molar-refractivity contribution in [2.45, 2.75) is 12.5 Å². The number of ether oxygens (including phenoxy) is 1. The molecule has 3 heteroatoms. The van der Waals surface area contributed by atoms with Crippen LogP contribution in [0.1, 0.15) is 18.1 Å². The van der Waals surface area contributed by atoms with Gasteiger partial charge in [-0.2, -0.15) is 0 Å². The largest absolute Gasteiger partial charge is 0.384 e. The molecule has 2 heterocycles. The van der Waals surface area contributed by atoms with Gasteiger partial charge in [0.25, 0.3) is 0 Å². The second-order valence-electron chi connectivity index (χ2n) is 3.91. The van der Waals surface area contributed by atoms with Crippen LogP contribution in [0.15, 0.2) is 24.4 Å². The first-order chi connectivity index (χ1) is 7.40. The third-order valence-corrected chi connectivity index (χ3v) is 3.11. The van der Waals surface area contributed by atoms with Gasteiger partial charge in [-0.3, -0.25) is 0 Å². The second-order valence-corrected chi connectivity index (χ2v) is 3.91. The van der Waals surface area contributed by atoms with Crippen LogP contribution >= 0.6 is 0 Å². The van der Waals surface area contributed by atoms with Crippen LogP contribution in [0.2, 0.25) is 0 Å². The molecule has 0 spiro atoms. The number of H-pyrrole nitrogens is 1. The number of aromatic amines is 1. The molecule has 15 heavy (non-hydrogen) atoms. The first-order valence-electron chi connectivity index (χ1n) is 5.27. The van der Waals surface area contributed by atoms with E-state index in [1.165, 1.54) is 22.2 Å². The summed E-state index contributed by atoms with van der Waals surface area (Å²) in [7, 11) is 1.78. The normalized spacial score (nSPS) is 19.9. The Hall–Kier alpha value is -1.48. The lowest BCUT2D eigenvalue weighted by Crippen LogP contribution is -2.17. The number of benzene rings is 1. The van der Waals surface area contributed by atoms with E-state index >= 15 is 0 Å². The van der Waals surface area contributed by atoms with Crippen LogP contribution in [0.5, 0.6) is 0 Å². The van der Waals surface area contributed by atoms with Gasteiger partial charge in [0.15, 0.2) is 0 Å². The van der Waals surface area contributed by atoms with Gasteiger partial charge < -0.3 is 15.0 Å². The molecule has 1 aliphatic heterocycles. The van der Waals surface area contributed by atoms with Crippen LogP contribution in [0.25, 0.3) is 10.9 Å². The summed E-state index contributed by atoms with van der Waals surface area (Å²) < 4.78 is 5.49. The van der Waals surface area contributed by atoms with E-state index in [1.54, 1.807) is 7.11 Å². The molecule has 2 aromatic rings. The fraction of sp³-hybridized carbons (Fsp3) is 0.333. The number of rotatable bonds is 1. The van der Waals surface area contributed by atoms with E-state index in [4.69, 9.17) is 4.74 Å². The predicted octanol–water partition coefficient (Wildman–Crippen LogP) is 2.67. The molecule has 1 unspecified atom stereocenters. The topological polar surface area (TPSA) is 37.0 Å². The van der Waals surface area contributed by atoms with Crippen molar-refractivity contribution in [3.05, 3.63) is 30.0 Å². The molecule has 3 nitrogen and oxygen atoms in total. The maximum atomic E-state index is 5.49. The summed E-state index contributed by atoms with van der Waals surface area (Å²) in [5.41, 5.74) is 3.68. The van der Waals surface area contributed by atoms with E-state index in [1.807, 2.05) is 6.20 Å². The molecule has 3 rings (SSSR count). The zero-order chi connectivity index (χ0) is 10.3. The fourth-order valence-corrected chi connectivity index (χ4v) is 2.34. The second kappa shape index (κ2) is 3.28. The van der Waals surface area contributed by atoms with Gasteiger partial charge in [0.05, 0.1) is 6.10 Å². The van der Waals surface area contributed by atoms with Crippen LogP contribution in [0.4, 0.5) is 5.69 Å². The highest BCUT2D eigenvalue weighted by Gasteiger charge is 2.21. The molecule has 0 bridgehead atoms. The smallest absolute Gasteiger partial charge is 0.0858 e. The summed E-state index contributed by atoms with van der Waals surface area (Å²) in [5, 5.41) is 4.71. The standard InChI is InChI=1S/C12H14N2O/c1-15-11-5-7-14-12-8-4-6-13-10(8)3-2-9(11)12/h2-4,6,11,13-14H,5,7H2,1H3.